The van der Waals surface area contributed by atoms with E-state index < -0.39 is 16.7 Å². The zero-order valence-corrected chi connectivity index (χ0v) is 14.2. The highest BCUT2D eigenvalue weighted by molar-refractivity contribution is 6.40. The number of ether oxygens (including phenoxy) is 1. The van der Waals surface area contributed by atoms with Crippen LogP contribution in [0.5, 0.6) is 5.75 Å². The third-order valence-electron chi connectivity index (χ3n) is 3.08. The average Bonchev–Trinajstić information content (AvgIpc) is 2.62. The van der Waals surface area contributed by atoms with Crippen molar-refractivity contribution in [3.8, 4) is 5.75 Å². The Morgan fingerprint density at radius 1 is 1.23 bits per heavy atom. The summed E-state index contributed by atoms with van der Waals surface area (Å²) in [7, 11) is 1.45. The van der Waals surface area contributed by atoms with Crippen molar-refractivity contribution in [2.45, 2.75) is 0 Å². The molecule has 2 amide bonds. The van der Waals surface area contributed by atoms with Crippen LogP contribution in [-0.2, 0) is 9.59 Å². The van der Waals surface area contributed by atoms with Crippen molar-refractivity contribution >= 4 is 41.0 Å². The smallest absolute Gasteiger partial charge is 0.329 e. The fraction of sp³-hybridized carbons (Fsp3) is 0.0625. The lowest BCUT2D eigenvalue weighted by molar-refractivity contribution is -0.384. The lowest BCUT2D eigenvalue weighted by Crippen LogP contribution is -2.32. The van der Waals surface area contributed by atoms with Crippen LogP contribution in [0.4, 0.5) is 11.4 Å². The molecule has 10 heteroatoms. The van der Waals surface area contributed by atoms with Gasteiger partial charge in [0.25, 0.3) is 5.69 Å². The molecule has 0 saturated heterocycles. The van der Waals surface area contributed by atoms with Gasteiger partial charge >= 0.3 is 11.8 Å². The third-order valence-corrected chi connectivity index (χ3v) is 3.37. The van der Waals surface area contributed by atoms with Crippen molar-refractivity contribution in [2.24, 2.45) is 5.10 Å². The number of hydrazone groups is 1. The summed E-state index contributed by atoms with van der Waals surface area (Å²) in [6.07, 6.45) is 1.18. The molecule has 0 unspecified atom stereocenters. The number of amides is 2. The number of carbonyl (C=O) groups excluding carboxylic acids is 2. The van der Waals surface area contributed by atoms with Gasteiger partial charge in [-0.1, -0.05) is 23.7 Å². The molecule has 0 atom stereocenters. The van der Waals surface area contributed by atoms with Crippen LogP contribution < -0.4 is 15.5 Å². The van der Waals surface area contributed by atoms with Crippen LogP contribution in [0.2, 0.25) is 5.02 Å². The van der Waals surface area contributed by atoms with E-state index in [-0.39, 0.29) is 10.7 Å². The van der Waals surface area contributed by atoms with Crippen LogP contribution >= 0.6 is 11.6 Å². The molecule has 0 saturated carbocycles. The van der Waals surface area contributed by atoms with Crippen LogP contribution in [0.25, 0.3) is 0 Å². The largest absolute Gasteiger partial charge is 0.495 e. The molecule has 2 rings (SSSR count). The van der Waals surface area contributed by atoms with Gasteiger partial charge in [0.2, 0.25) is 0 Å². The summed E-state index contributed by atoms with van der Waals surface area (Å²) in [6, 6.07) is 10.1. The van der Waals surface area contributed by atoms with Gasteiger partial charge in [-0.25, -0.2) is 5.43 Å². The molecular weight excluding hydrogens is 364 g/mol. The van der Waals surface area contributed by atoms with Gasteiger partial charge in [0, 0.05) is 23.4 Å². The van der Waals surface area contributed by atoms with Gasteiger partial charge in [0.1, 0.15) is 5.75 Å². The number of methoxy groups -OCH3 is 1. The molecule has 0 spiro atoms. The summed E-state index contributed by atoms with van der Waals surface area (Å²) < 4.78 is 4.99. The number of nitrogens with zero attached hydrogens (tertiary/aromatic N) is 2. The lowest BCUT2D eigenvalue weighted by Gasteiger charge is -2.07. The zero-order chi connectivity index (χ0) is 19.1. The number of hydrogen-bond acceptors (Lipinski definition) is 6. The Labute approximate surface area is 152 Å². The molecule has 2 aromatic carbocycles. The monoisotopic (exact) mass is 376 g/mol. The van der Waals surface area contributed by atoms with Gasteiger partial charge in [-0.2, -0.15) is 5.10 Å². The molecule has 9 nitrogen and oxygen atoms in total. The van der Waals surface area contributed by atoms with Gasteiger partial charge in [0.15, 0.2) is 0 Å². The maximum Gasteiger partial charge on any atom is 0.329 e. The van der Waals surface area contributed by atoms with E-state index in [1.807, 2.05) is 5.43 Å². The normalized spacial score (nSPS) is 10.4. The summed E-state index contributed by atoms with van der Waals surface area (Å²) >= 11 is 5.93. The third kappa shape index (κ3) is 5.02. The molecule has 0 fully saturated rings. The highest BCUT2D eigenvalue weighted by atomic mass is 35.5. The minimum absolute atomic E-state index is 0.116. The molecular formula is C16H13ClN4O5. The fourth-order valence-corrected chi connectivity index (χ4v) is 2.12. The van der Waals surface area contributed by atoms with E-state index in [9.17, 15) is 19.7 Å². The molecule has 0 bridgehead atoms. The van der Waals surface area contributed by atoms with E-state index in [1.165, 1.54) is 49.7 Å². The van der Waals surface area contributed by atoms with Crippen LogP contribution in [0.1, 0.15) is 5.56 Å². The number of nitrogens with one attached hydrogen (secondary N) is 2. The molecule has 2 aromatic rings. The van der Waals surface area contributed by atoms with Crippen LogP contribution in [0.15, 0.2) is 47.6 Å². The summed E-state index contributed by atoms with van der Waals surface area (Å²) in [5, 5.41) is 16.9. The first kappa shape index (κ1) is 18.9. The van der Waals surface area contributed by atoms with Crippen molar-refractivity contribution in [3.05, 3.63) is 63.2 Å². The number of non-ortho nitro benzene ring substituents is 1. The second kappa shape index (κ2) is 8.58. The Balaban J connectivity index is 1.95. The maximum atomic E-state index is 11.8. The van der Waals surface area contributed by atoms with E-state index in [1.54, 1.807) is 6.07 Å². The molecule has 0 aliphatic rings. The first-order valence-corrected chi connectivity index (χ1v) is 7.51. The highest BCUT2D eigenvalue weighted by Crippen LogP contribution is 2.27. The number of anilines is 1. The summed E-state index contributed by atoms with van der Waals surface area (Å²) in [5.41, 5.74) is 2.61. The Morgan fingerprint density at radius 2 is 2.00 bits per heavy atom. The summed E-state index contributed by atoms with van der Waals surface area (Å²) in [6.45, 7) is 0. The maximum absolute atomic E-state index is 11.8. The van der Waals surface area contributed by atoms with E-state index >= 15 is 0 Å². The SMILES string of the molecule is COc1ccc(NC(=O)C(=O)N/N=C\c2cccc([N+](=O)[O-])c2)cc1Cl. The fourth-order valence-electron chi connectivity index (χ4n) is 1.87. The number of nitro benzene ring substituents is 1. The highest BCUT2D eigenvalue weighted by Gasteiger charge is 2.14. The van der Waals surface area contributed by atoms with Gasteiger partial charge in [-0.15, -0.1) is 0 Å². The predicted molar refractivity (Wildman–Crippen MR) is 95.5 cm³/mol. The minimum Gasteiger partial charge on any atom is -0.495 e. The average molecular weight is 377 g/mol. The molecule has 134 valence electrons. The van der Waals surface area contributed by atoms with Gasteiger partial charge < -0.3 is 10.1 Å². The van der Waals surface area contributed by atoms with Crippen molar-refractivity contribution in [2.75, 3.05) is 12.4 Å². The molecule has 0 heterocycles. The van der Waals surface area contributed by atoms with E-state index in [4.69, 9.17) is 16.3 Å². The van der Waals surface area contributed by atoms with E-state index in [2.05, 4.69) is 10.4 Å². The zero-order valence-electron chi connectivity index (χ0n) is 13.4. The first-order valence-electron chi connectivity index (χ1n) is 7.13. The van der Waals surface area contributed by atoms with E-state index in [0.29, 0.717) is 17.0 Å². The molecule has 0 radical (unpaired) electrons. The number of rotatable bonds is 5. The Hall–Kier alpha value is -3.46. The molecule has 26 heavy (non-hydrogen) atoms. The summed E-state index contributed by atoms with van der Waals surface area (Å²) in [5.74, 6) is -1.54. The topological polar surface area (TPSA) is 123 Å². The Kier molecular flexibility index (Phi) is 6.23. The van der Waals surface area contributed by atoms with Crippen molar-refractivity contribution in [1.29, 1.82) is 0 Å². The molecule has 2 N–H and O–H groups in total. The van der Waals surface area contributed by atoms with Crippen LogP contribution in [0, 0.1) is 10.1 Å². The number of hydrogen-bond donors (Lipinski definition) is 2. The van der Waals surface area contributed by atoms with Crippen molar-refractivity contribution in [1.82, 2.24) is 5.43 Å². The molecule has 0 aliphatic heterocycles. The number of carbonyl (C=O) groups is 2. The van der Waals surface area contributed by atoms with Crippen LogP contribution in [-0.4, -0.2) is 30.1 Å². The van der Waals surface area contributed by atoms with Gasteiger partial charge in [-0.3, -0.25) is 19.7 Å². The van der Waals surface area contributed by atoms with Crippen molar-refractivity contribution < 1.29 is 19.2 Å². The molecule has 0 aromatic heterocycles. The van der Waals surface area contributed by atoms with Crippen molar-refractivity contribution in [3.63, 3.8) is 0 Å². The lowest BCUT2D eigenvalue weighted by atomic mass is 10.2. The quantitative estimate of drug-likeness (QED) is 0.359. The number of nitro groups is 1. The number of benzene rings is 2. The van der Waals surface area contributed by atoms with E-state index in [0.717, 1.165) is 0 Å². The standard InChI is InChI=1S/C16H13ClN4O5/c1-26-14-6-5-11(8-13(14)17)19-15(22)16(23)20-18-9-10-3-2-4-12(7-10)21(24)25/h2-9H,1H3,(H,19,22)(H,20,23)/b18-9-. The van der Waals surface area contributed by atoms with Gasteiger partial charge in [-0.05, 0) is 18.2 Å². The Bertz CT molecular complexity index is 885. The summed E-state index contributed by atoms with van der Waals surface area (Å²) in [4.78, 5) is 33.7. The molecule has 0 aliphatic carbocycles. The predicted octanol–water partition coefficient (Wildman–Crippen LogP) is 2.35. The van der Waals surface area contributed by atoms with Gasteiger partial charge in [0.05, 0.1) is 23.3 Å². The Morgan fingerprint density at radius 3 is 2.65 bits per heavy atom. The second-order valence-corrected chi connectivity index (χ2v) is 5.26. The number of halogens is 1. The first-order chi connectivity index (χ1) is 12.4. The minimum atomic E-state index is -1.02. The second-order valence-electron chi connectivity index (χ2n) is 4.85. The van der Waals surface area contributed by atoms with Crippen LogP contribution in [0.3, 0.4) is 0 Å².